The van der Waals surface area contributed by atoms with Gasteiger partial charge >= 0.3 is 5.97 Å². The number of nitrogens with one attached hydrogen (secondary N) is 1. The van der Waals surface area contributed by atoms with Crippen LogP contribution in [0.5, 0.6) is 5.75 Å². The number of aromatic hydroxyl groups is 1. The molecule has 1 aromatic rings. The quantitative estimate of drug-likeness (QED) is 0.391. The normalized spacial score (nSPS) is 9.83. The van der Waals surface area contributed by atoms with Crippen molar-refractivity contribution in [3.05, 3.63) is 23.8 Å². The molecule has 23 heavy (non-hydrogen) atoms. The fraction of sp³-hybridized carbons (Fsp3) is 0.500. The number of methoxy groups -OCH3 is 1. The van der Waals surface area contributed by atoms with Crippen LogP contribution in [0.25, 0.3) is 0 Å². The third-order valence-electron chi connectivity index (χ3n) is 3.24. The minimum absolute atomic E-state index is 0.0682. The molecular formula is C16H25IN2O4. The molecule has 1 rings (SSSR count). The van der Waals surface area contributed by atoms with Crippen molar-refractivity contribution in [1.82, 2.24) is 4.90 Å². The van der Waals surface area contributed by atoms with Crippen LogP contribution in [-0.4, -0.2) is 53.6 Å². The van der Waals surface area contributed by atoms with E-state index in [4.69, 9.17) is 0 Å². The molecule has 0 bridgehead atoms. The fourth-order valence-corrected chi connectivity index (χ4v) is 1.91. The van der Waals surface area contributed by atoms with Crippen molar-refractivity contribution in [2.45, 2.75) is 20.3 Å². The number of alkyl halides is 1. The lowest BCUT2D eigenvalue weighted by Crippen LogP contribution is -2.27. The zero-order valence-electron chi connectivity index (χ0n) is 14.1. The number of anilines is 1. The Hall–Kier alpha value is -1.35. The average molecular weight is 436 g/mol. The SMILES string of the molecule is CCN(CC)CCC(=O)Nc1ccc(C(=O)OC)c(O)c1.CI. The number of carbonyl (C=O) groups is 2. The second-order valence-electron chi connectivity index (χ2n) is 4.55. The molecule has 2 N–H and O–H groups in total. The van der Waals surface area contributed by atoms with Crippen molar-refractivity contribution < 1.29 is 19.4 Å². The highest BCUT2D eigenvalue weighted by molar-refractivity contribution is 14.1. The Morgan fingerprint density at radius 2 is 1.87 bits per heavy atom. The topological polar surface area (TPSA) is 78.9 Å². The van der Waals surface area contributed by atoms with Gasteiger partial charge in [0.05, 0.1) is 7.11 Å². The number of ether oxygens (including phenoxy) is 1. The van der Waals surface area contributed by atoms with Crippen LogP contribution in [-0.2, 0) is 9.53 Å². The lowest BCUT2D eigenvalue weighted by Gasteiger charge is -2.17. The third-order valence-corrected chi connectivity index (χ3v) is 3.24. The molecule has 0 aromatic heterocycles. The highest BCUT2D eigenvalue weighted by Crippen LogP contribution is 2.22. The van der Waals surface area contributed by atoms with E-state index in [0.29, 0.717) is 18.7 Å². The monoisotopic (exact) mass is 436 g/mol. The summed E-state index contributed by atoms with van der Waals surface area (Å²) < 4.78 is 4.54. The van der Waals surface area contributed by atoms with Crippen molar-refractivity contribution in [2.75, 3.05) is 37.0 Å². The first-order valence-corrected chi connectivity index (χ1v) is 9.48. The summed E-state index contributed by atoms with van der Waals surface area (Å²) in [4.78, 5) is 27.3. The first-order valence-electron chi connectivity index (χ1n) is 7.33. The molecular weight excluding hydrogens is 411 g/mol. The predicted molar refractivity (Wildman–Crippen MR) is 100 cm³/mol. The molecule has 1 amide bonds. The fourth-order valence-electron chi connectivity index (χ4n) is 1.91. The molecule has 0 saturated carbocycles. The maximum absolute atomic E-state index is 11.8. The first-order chi connectivity index (χ1) is 11.0. The van der Waals surface area contributed by atoms with Gasteiger partial charge in [-0.05, 0) is 30.2 Å². The van der Waals surface area contributed by atoms with Crippen LogP contribution in [0.15, 0.2) is 18.2 Å². The predicted octanol–water partition coefficient (Wildman–Crippen LogP) is 2.90. The summed E-state index contributed by atoms with van der Waals surface area (Å²) in [6.45, 7) is 6.58. The summed E-state index contributed by atoms with van der Waals surface area (Å²) >= 11 is 2.15. The van der Waals surface area contributed by atoms with E-state index in [1.165, 1.54) is 19.2 Å². The van der Waals surface area contributed by atoms with Crippen LogP contribution < -0.4 is 5.32 Å². The molecule has 0 aliphatic carbocycles. The number of rotatable bonds is 7. The zero-order chi connectivity index (χ0) is 17.8. The van der Waals surface area contributed by atoms with Gasteiger partial charge in [0.2, 0.25) is 5.91 Å². The minimum Gasteiger partial charge on any atom is -0.507 e. The van der Waals surface area contributed by atoms with Crippen LogP contribution in [0.3, 0.4) is 0 Å². The van der Waals surface area contributed by atoms with Crippen LogP contribution in [0.1, 0.15) is 30.6 Å². The molecule has 6 nitrogen and oxygen atoms in total. The molecule has 1 aromatic carbocycles. The number of esters is 1. The van der Waals surface area contributed by atoms with Crippen LogP contribution in [0.4, 0.5) is 5.69 Å². The highest BCUT2D eigenvalue weighted by Gasteiger charge is 2.12. The number of nitrogens with zero attached hydrogens (tertiary/aromatic N) is 1. The number of benzene rings is 1. The van der Waals surface area contributed by atoms with Gasteiger partial charge < -0.3 is 20.1 Å². The van der Waals surface area contributed by atoms with Crippen molar-refractivity contribution in [3.8, 4) is 5.75 Å². The summed E-state index contributed by atoms with van der Waals surface area (Å²) in [6.07, 6.45) is 0.376. The molecule has 0 unspecified atom stereocenters. The van der Waals surface area contributed by atoms with E-state index in [1.807, 2.05) is 18.8 Å². The second kappa shape index (κ2) is 12.1. The van der Waals surface area contributed by atoms with E-state index in [0.717, 1.165) is 13.1 Å². The zero-order valence-corrected chi connectivity index (χ0v) is 16.2. The van der Waals surface area contributed by atoms with Crippen molar-refractivity contribution in [2.24, 2.45) is 0 Å². The lowest BCUT2D eigenvalue weighted by atomic mass is 10.2. The van der Waals surface area contributed by atoms with Crippen LogP contribution >= 0.6 is 22.6 Å². The maximum atomic E-state index is 11.8. The van der Waals surface area contributed by atoms with Gasteiger partial charge in [0.15, 0.2) is 0 Å². The Balaban J connectivity index is 0.00000232. The second-order valence-corrected chi connectivity index (χ2v) is 4.55. The number of phenolic OH excluding ortho intramolecular Hbond substituents is 1. The van der Waals surface area contributed by atoms with Gasteiger partial charge in [-0.1, -0.05) is 36.4 Å². The van der Waals surface area contributed by atoms with Crippen LogP contribution in [0, 0.1) is 0 Å². The van der Waals surface area contributed by atoms with E-state index in [2.05, 4.69) is 37.5 Å². The van der Waals surface area contributed by atoms with Gasteiger partial charge in [0, 0.05) is 24.7 Å². The number of carbonyl (C=O) groups excluding carboxylic acids is 2. The van der Waals surface area contributed by atoms with Crippen LogP contribution in [0.2, 0.25) is 0 Å². The summed E-state index contributed by atoms with van der Waals surface area (Å²) in [5.74, 6) is -0.970. The molecule has 0 saturated heterocycles. The molecule has 0 heterocycles. The molecule has 0 aliphatic heterocycles. The molecule has 0 radical (unpaired) electrons. The van der Waals surface area contributed by atoms with Gasteiger partial charge in [0.25, 0.3) is 0 Å². The van der Waals surface area contributed by atoms with E-state index in [9.17, 15) is 14.7 Å². The highest BCUT2D eigenvalue weighted by atomic mass is 127. The summed E-state index contributed by atoms with van der Waals surface area (Å²) in [7, 11) is 1.24. The van der Waals surface area contributed by atoms with Crippen molar-refractivity contribution in [1.29, 1.82) is 0 Å². The molecule has 7 heteroatoms. The molecule has 0 fully saturated rings. The number of hydrogen-bond donors (Lipinski definition) is 2. The number of halogens is 1. The third kappa shape index (κ3) is 7.65. The Morgan fingerprint density at radius 1 is 1.26 bits per heavy atom. The smallest absolute Gasteiger partial charge is 0.341 e. The summed E-state index contributed by atoms with van der Waals surface area (Å²) in [5.41, 5.74) is 0.517. The summed E-state index contributed by atoms with van der Waals surface area (Å²) in [5, 5.41) is 12.4. The van der Waals surface area contributed by atoms with Gasteiger partial charge in [-0.15, -0.1) is 0 Å². The van der Waals surface area contributed by atoms with Crippen molar-refractivity contribution in [3.63, 3.8) is 0 Å². The van der Waals surface area contributed by atoms with Gasteiger partial charge in [-0.2, -0.15) is 0 Å². The van der Waals surface area contributed by atoms with Gasteiger partial charge in [-0.25, -0.2) is 4.79 Å². The van der Waals surface area contributed by atoms with E-state index in [-0.39, 0.29) is 17.2 Å². The van der Waals surface area contributed by atoms with Crippen molar-refractivity contribution >= 4 is 40.2 Å². The maximum Gasteiger partial charge on any atom is 0.341 e. The van der Waals surface area contributed by atoms with E-state index in [1.54, 1.807) is 6.07 Å². The lowest BCUT2D eigenvalue weighted by molar-refractivity contribution is -0.116. The Morgan fingerprint density at radius 3 is 2.35 bits per heavy atom. The number of phenols is 1. The number of hydrogen-bond acceptors (Lipinski definition) is 5. The van der Waals surface area contributed by atoms with E-state index >= 15 is 0 Å². The first kappa shape index (κ1) is 21.6. The largest absolute Gasteiger partial charge is 0.507 e. The molecule has 0 spiro atoms. The molecule has 0 aliphatic rings. The Kier molecular flexibility index (Phi) is 11.4. The van der Waals surface area contributed by atoms with Gasteiger partial charge in [-0.3, -0.25) is 4.79 Å². The molecule has 130 valence electrons. The van der Waals surface area contributed by atoms with Gasteiger partial charge in [0.1, 0.15) is 11.3 Å². The Labute approximate surface area is 151 Å². The average Bonchev–Trinajstić information content (AvgIpc) is 2.57. The molecule has 0 atom stereocenters. The summed E-state index contributed by atoms with van der Waals surface area (Å²) in [6, 6.07) is 4.31. The standard InChI is InChI=1S/C15H22N2O4.CH3I/c1-4-17(5-2)9-8-14(19)16-11-6-7-12(13(18)10-11)15(20)21-3;1-2/h6-7,10,18H,4-5,8-9H2,1-3H3,(H,16,19);1H3. The van der Waals surface area contributed by atoms with E-state index < -0.39 is 5.97 Å². The Bertz CT molecular complexity index is 505. The number of amides is 1. The minimum atomic E-state index is -0.619.